The molecule has 0 bridgehead atoms. The molecule has 2 aromatic carbocycles. The van der Waals surface area contributed by atoms with Gasteiger partial charge in [0.05, 0.1) is 25.4 Å². The zero-order chi connectivity index (χ0) is 19.8. The average molecular weight is 377 g/mol. The van der Waals surface area contributed by atoms with Crippen molar-refractivity contribution in [2.45, 2.75) is 0 Å². The number of methoxy groups -OCH3 is 1. The van der Waals surface area contributed by atoms with Crippen molar-refractivity contribution in [2.75, 3.05) is 19.0 Å². The van der Waals surface area contributed by atoms with E-state index in [1.54, 1.807) is 30.3 Å². The molecule has 7 nitrogen and oxygen atoms in total. The van der Waals surface area contributed by atoms with Gasteiger partial charge in [-0.1, -0.05) is 30.3 Å². The standard InChI is InChI=1S/C21H19N3O4/c1-27-21(26)16-7-5-6-15(12-16)19-11-10-18(28-19)13-23-24-20(25)14-22-17-8-3-2-4-9-17/h2-13,22H,14H2,1H3,(H,24,25)/b23-13-. The van der Waals surface area contributed by atoms with E-state index in [1.165, 1.54) is 13.3 Å². The Morgan fingerprint density at radius 3 is 2.68 bits per heavy atom. The summed E-state index contributed by atoms with van der Waals surface area (Å²) in [5.74, 6) is 0.346. The molecule has 0 radical (unpaired) electrons. The van der Waals surface area contributed by atoms with Crippen LogP contribution in [-0.4, -0.2) is 31.7 Å². The Balaban J connectivity index is 1.55. The summed E-state index contributed by atoms with van der Waals surface area (Å²) < 4.78 is 10.4. The number of benzene rings is 2. The molecule has 28 heavy (non-hydrogen) atoms. The van der Waals surface area contributed by atoms with Crippen LogP contribution in [0.3, 0.4) is 0 Å². The molecule has 3 rings (SSSR count). The van der Waals surface area contributed by atoms with Gasteiger partial charge in [0, 0.05) is 11.3 Å². The van der Waals surface area contributed by atoms with Crippen molar-refractivity contribution in [3.05, 3.63) is 78.1 Å². The van der Waals surface area contributed by atoms with Gasteiger partial charge in [-0.25, -0.2) is 10.2 Å². The third kappa shape index (κ3) is 5.07. The number of esters is 1. The molecule has 1 amide bonds. The van der Waals surface area contributed by atoms with E-state index in [9.17, 15) is 9.59 Å². The Bertz CT molecular complexity index is 980. The van der Waals surface area contributed by atoms with Crippen LogP contribution < -0.4 is 10.7 Å². The highest BCUT2D eigenvalue weighted by Crippen LogP contribution is 2.22. The highest BCUT2D eigenvalue weighted by atomic mass is 16.5. The molecule has 0 unspecified atom stereocenters. The molecule has 0 spiro atoms. The summed E-state index contributed by atoms with van der Waals surface area (Å²) in [7, 11) is 1.33. The molecule has 0 fully saturated rings. The summed E-state index contributed by atoms with van der Waals surface area (Å²) in [6.45, 7) is 0.102. The van der Waals surface area contributed by atoms with Gasteiger partial charge in [-0.3, -0.25) is 4.79 Å². The molecule has 0 saturated carbocycles. The van der Waals surface area contributed by atoms with Crippen molar-refractivity contribution >= 4 is 23.8 Å². The molecule has 7 heteroatoms. The third-order valence-corrected chi connectivity index (χ3v) is 3.80. The quantitative estimate of drug-likeness (QED) is 0.374. The summed E-state index contributed by atoms with van der Waals surface area (Å²) in [6.07, 6.45) is 1.41. The van der Waals surface area contributed by atoms with Crippen LogP contribution in [0.5, 0.6) is 0 Å². The zero-order valence-electron chi connectivity index (χ0n) is 15.2. The van der Waals surface area contributed by atoms with Gasteiger partial charge in [0.25, 0.3) is 5.91 Å². The fourth-order valence-electron chi connectivity index (χ4n) is 2.44. The smallest absolute Gasteiger partial charge is 0.337 e. The van der Waals surface area contributed by atoms with Crippen LogP contribution in [0.2, 0.25) is 0 Å². The molecule has 1 heterocycles. The highest BCUT2D eigenvalue weighted by Gasteiger charge is 2.09. The number of para-hydroxylation sites is 1. The fraction of sp³-hybridized carbons (Fsp3) is 0.0952. The first-order valence-corrected chi connectivity index (χ1v) is 8.55. The summed E-state index contributed by atoms with van der Waals surface area (Å²) in [5.41, 5.74) is 4.45. The molecule has 0 aliphatic carbocycles. The lowest BCUT2D eigenvalue weighted by Gasteiger charge is -2.04. The maximum absolute atomic E-state index is 11.8. The minimum Gasteiger partial charge on any atom is -0.465 e. The van der Waals surface area contributed by atoms with E-state index in [0.29, 0.717) is 17.1 Å². The van der Waals surface area contributed by atoms with Gasteiger partial charge in [0.1, 0.15) is 11.5 Å². The van der Waals surface area contributed by atoms with Gasteiger partial charge in [-0.05, 0) is 36.4 Å². The van der Waals surface area contributed by atoms with Gasteiger partial charge in [0.15, 0.2) is 0 Å². The largest absolute Gasteiger partial charge is 0.465 e. The van der Waals surface area contributed by atoms with Crippen LogP contribution in [-0.2, 0) is 9.53 Å². The van der Waals surface area contributed by atoms with E-state index in [2.05, 4.69) is 15.8 Å². The Morgan fingerprint density at radius 2 is 1.89 bits per heavy atom. The second kappa shape index (κ2) is 9.18. The molecule has 0 aliphatic heterocycles. The first-order chi connectivity index (χ1) is 13.7. The second-order valence-corrected chi connectivity index (χ2v) is 5.79. The Kier molecular flexibility index (Phi) is 6.20. The SMILES string of the molecule is COC(=O)c1cccc(-c2ccc(/C=N\NC(=O)CNc3ccccc3)o2)c1. The molecule has 0 atom stereocenters. The fourth-order valence-corrected chi connectivity index (χ4v) is 2.44. The van der Waals surface area contributed by atoms with Crippen molar-refractivity contribution in [2.24, 2.45) is 5.10 Å². The predicted molar refractivity (Wildman–Crippen MR) is 106 cm³/mol. The minimum absolute atomic E-state index is 0.102. The number of carbonyl (C=O) groups excluding carboxylic acids is 2. The number of amides is 1. The number of nitrogens with zero attached hydrogens (tertiary/aromatic N) is 1. The number of rotatable bonds is 7. The number of hydrogen-bond acceptors (Lipinski definition) is 6. The van der Waals surface area contributed by atoms with Crippen molar-refractivity contribution in [3.8, 4) is 11.3 Å². The second-order valence-electron chi connectivity index (χ2n) is 5.79. The Morgan fingerprint density at radius 1 is 1.07 bits per heavy atom. The lowest BCUT2D eigenvalue weighted by Crippen LogP contribution is -2.25. The predicted octanol–water partition coefficient (Wildman–Crippen LogP) is 3.30. The van der Waals surface area contributed by atoms with E-state index in [0.717, 1.165) is 11.3 Å². The van der Waals surface area contributed by atoms with Gasteiger partial charge in [0.2, 0.25) is 0 Å². The summed E-state index contributed by atoms with van der Waals surface area (Å²) in [5, 5.41) is 6.88. The van der Waals surface area contributed by atoms with Crippen LogP contribution in [0.4, 0.5) is 5.69 Å². The summed E-state index contributed by atoms with van der Waals surface area (Å²) in [4.78, 5) is 23.4. The first-order valence-electron chi connectivity index (χ1n) is 8.55. The number of nitrogens with one attached hydrogen (secondary N) is 2. The van der Waals surface area contributed by atoms with Crippen molar-refractivity contribution in [3.63, 3.8) is 0 Å². The van der Waals surface area contributed by atoms with Crippen LogP contribution in [0.1, 0.15) is 16.1 Å². The van der Waals surface area contributed by atoms with Gasteiger partial charge < -0.3 is 14.5 Å². The molecule has 0 aliphatic rings. The topological polar surface area (TPSA) is 92.9 Å². The van der Waals surface area contributed by atoms with E-state index in [4.69, 9.17) is 9.15 Å². The Hall–Kier alpha value is -3.87. The number of hydrogen-bond donors (Lipinski definition) is 2. The van der Waals surface area contributed by atoms with E-state index >= 15 is 0 Å². The maximum Gasteiger partial charge on any atom is 0.337 e. The van der Waals surface area contributed by atoms with Gasteiger partial charge >= 0.3 is 5.97 Å². The summed E-state index contributed by atoms with van der Waals surface area (Å²) >= 11 is 0. The molecular weight excluding hydrogens is 358 g/mol. The number of ether oxygens (including phenoxy) is 1. The molecule has 2 N–H and O–H groups in total. The number of furan rings is 1. The molecule has 142 valence electrons. The molecular formula is C21H19N3O4. The molecule has 0 saturated heterocycles. The third-order valence-electron chi connectivity index (χ3n) is 3.80. The monoisotopic (exact) mass is 377 g/mol. The molecule has 1 aromatic heterocycles. The molecule has 3 aromatic rings. The zero-order valence-corrected chi connectivity index (χ0v) is 15.2. The van der Waals surface area contributed by atoms with Crippen molar-refractivity contribution in [1.82, 2.24) is 5.43 Å². The van der Waals surface area contributed by atoms with Crippen LogP contribution in [0.15, 0.2) is 76.2 Å². The minimum atomic E-state index is -0.415. The number of anilines is 1. The lowest BCUT2D eigenvalue weighted by molar-refractivity contribution is -0.119. The first kappa shape index (κ1) is 18.9. The van der Waals surface area contributed by atoms with E-state index in [1.807, 2.05) is 36.4 Å². The normalized spacial score (nSPS) is 10.6. The highest BCUT2D eigenvalue weighted by molar-refractivity contribution is 5.90. The van der Waals surface area contributed by atoms with Crippen molar-refractivity contribution < 1.29 is 18.7 Å². The van der Waals surface area contributed by atoms with Crippen molar-refractivity contribution in [1.29, 1.82) is 0 Å². The van der Waals surface area contributed by atoms with Gasteiger partial charge in [-0.15, -0.1) is 0 Å². The van der Waals surface area contributed by atoms with Crippen LogP contribution in [0.25, 0.3) is 11.3 Å². The van der Waals surface area contributed by atoms with Crippen LogP contribution in [0, 0.1) is 0 Å². The number of hydrazone groups is 1. The van der Waals surface area contributed by atoms with Gasteiger partial charge in [-0.2, -0.15) is 5.10 Å². The Labute approximate surface area is 162 Å². The van der Waals surface area contributed by atoms with E-state index < -0.39 is 5.97 Å². The lowest BCUT2D eigenvalue weighted by atomic mass is 10.1. The summed E-state index contributed by atoms with van der Waals surface area (Å²) in [6, 6.07) is 19.8. The van der Waals surface area contributed by atoms with E-state index in [-0.39, 0.29) is 12.5 Å². The average Bonchev–Trinajstić information content (AvgIpc) is 3.21. The maximum atomic E-state index is 11.8. The number of carbonyl (C=O) groups is 2. The van der Waals surface area contributed by atoms with Crippen LogP contribution >= 0.6 is 0 Å².